The number of aliphatic hydroxyl groups excluding tert-OH is 2. The van der Waals surface area contributed by atoms with Crippen molar-refractivity contribution in [2.24, 2.45) is 0 Å². The van der Waals surface area contributed by atoms with E-state index in [1.807, 2.05) is 28.8 Å². The first-order valence-electron chi connectivity index (χ1n) is 11.7. The molecule has 0 spiro atoms. The van der Waals surface area contributed by atoms with Crippen molar-refractivity contribution in [3.05, 3.63) is 59.9 Å². The number of aromatic nitrogens is 1. The van der Waals surface area contributed by atoms with Crippen LogP contribution in [0.4, 0.5) is 5.69 Å². The van der Waals surface area contributed by atoms with Crippen LogP contribution in [0.25, 0.3) is 12.2 Å². The number of hydrogen-bond acceptors (Lipinski definition) is 5. The number of unbranched alkanes of at least 4 members (excludes halogenated alkanes) is 1. The van der Waals surface area contributed by atoms with E-state index in [9.17, 15) is 10.2 Å². The van der Waals surface area contributed by atoms with Gasteiger partial charge in [0, 0.05) is 50.0 Å². The van der Waals surface area contributed by atoms with Crippen molar-refractivity contribution in [2.45, 2.75) is 32.5 Å². The Morgan fingerprint density at radius 1 is 0.970 bits per heavy atom. The standard InChI is InChI=1S/C26H38N4O2S/c1-22-27(2)26(28(22)3)33-21-5-4-14-29-15-12-24(13-16-29)7-6-23-8-10-25(11-9-23)30(17-19-31)18-20-32/h6-13,15-16,22,31-32H,4-5,14,17-21H2,1-3H3/q+2. The van der Waals surface area contributed by atoms with E-state index in [1.54, 1.807) is 0 Å². The summed E-state index contributed by atoms with van der Waals surface area (Å²) in [7, 11) is 4.33. The lowest BCUT2D eigenvalue weighted by molar-refractivity contribution is -0.697. The van der Waals surface area contributed by atoms with Gasteiger partial charge in [0.2, 0.25) is 6.17 Å². The maximum atomic E-state index is 9.20. The second-order valence-corrected chi connectivity index (χ2v) is 9.48. The van der Waals surface area contributed by atoms with Crippen molar-refractivity contribution in [1.29, 1.82) is 0 Å². The van der Waals surface area contributed by atoms with Crippen LogP contribution in [0, 0.1) is 0 Å². The molecule has 33 heavy (non-hydrogen) atoms. The van der Waals surface area contributed by atoms with E-state index in [0.717, 1.165) is 23.5 Å². The van der Waals surface area contributed by atoms with Crippen molar-refractivity contribution in [3.63, 3.8) is 0 Å². The van der Waals surface area contributed by atoms with Crippen molar-refractivity contribution >= 4 is 34.8 Å². The quantitative estimate of drug-likeness (QED) is 0.369. The van der Waals surface area contributed by atoms with Crippen LogP contribution in [0.2, 0.25) is 0 Å². The Labute approximate surface area is 202 Å². The number of anilines is 1. The summed E-state index contributed by atoms with van der Waals surface area (Å²) in [6, 6.07) is 12.5. The molecule has 2 N–H and O–H groups in total. The highest BCUT2D eigenvalue weighted by atomic mass is 32.2. The van der Waals surface area contributed by atoms with Crippen LogP contribution in [-0.2, 0) is 6.54 Å². The first-order valence-corrected chi connectivity index (χ1v) is 12.7. The minimum atomic E-state index is 0.0721. The van der Waals surface area contributed by atoms with Crippen LogP contribution < -0.4 is 9.47 Å². The number of benzene rings is 1. The average Bonchev–Trinajstić information content (AvgIpc) is 2.85. The molecule has 2 heterocycles. The smallest absolute Gasteiger partial charge is 0.314 e. The Morgan fingerprint density at radius 3 is 2.15 bits per heavy atom. The monoisotopic (exact) mass is 470 g/mol. The maximum absolute atomic E-state index is 9.20. The van der Waals surface area contributed by atoms with E-state index in [-0.39, 0.29) is 13.2 Å². The number of aryl methyl sites for hydroxylation is 1. The van der Waals surface area contributed by atoms with Gasteiger partial charge in [0.1, 0.15) is 6.54 Å². The average molecular weight is 471 g/mol. The van der Waals surface area contributed by atoms with Gasteiger partial charge in [0.05, 0.1) is 27.3 Å². The molecule has 0 bridgehead atoms. The van der Waals surface area contributed by atoms with Crippen molar-refractivity contribution < 1.29 is 19.4 Å². The number of aliphatic hydroxyl groups is 2. The topological polar surface area (TPSA) is 53.8 Å². The minimum Gasteiger partial charge on any atom is -0.395 e. The molecule has 6 nitrogen and oxygen atoms in total. The molecular weight excluding hydrogens is 432 g/mol. The Kier molecular flexibility index (Phi) is 9.78. The molecule has 0 radical (unpaired) electrons. The molecule has 0 fully saturated rings. The molecule has 1 aromatic heterocycles. The van der Waals surface area contributed by atoms with Crippen LogP contribution in [0.15, 0.2) is 48.8 Å². The van der Waals surface area contributed by atoms with Gasteiger partial charge in [-0.15, -0.1) is 0 Å². The number of hydrogen-bond donors (Lipinski definition) is 2. The van der Waals surface area contributed by atoms with E-state index in [0.29, 0.717) is 19.3 Å². The molecular formula is C26H38N4O2S+2. The number of pyridine rings is 1. The van der Waals surface area contributed by atoms with Gasteiger partial charge in [0.25, 0.3) is 0 Å². The van der Waals surface area contributed by atoms with E-state index in [4.69, 9.17) is 0 Å². The Hall–Kier alpha value is -2.35. The molecule has 0 amide bonds. The summed E-state index contributed by atoms with van der Waals surface area (Å²) < 4.78 is 4.59. The lowest BCUT2D eigenvalue weighted by atomic mass is 10.1. The maximum Gasteiger partial charge on any atom is 0.314 e. The highest BCUT2D eigenvalue weighted by Crippen LogP contribution is 2.20. The third-order valence-electron chi connectivity index (χ3n) is 6.15. The van der Waals surface area contributed by atoms with Crippen LogP contribution in [0.1, 0.15) is 30.9 Å². The van der Waals surface area contributed by atoms with Crippen LogP contribution in [0.3, 0.4) is 0 Å². The number of amidine groups is 1. The molecule has 1 aromatic carbocycles. The van der Waals surface area contributed by atoms with E-state index in [1.165, 1.54) is 23.6 Å². The first-order chi connectivity index (χ1) is 16.0. The fourth-order valence-corrected chi connectivity index (χ4v) is 5.11. The molecule has 2 aromatic rings. The number of thioether (sulfide) groups is 1. The Morgan fingerprint density at radius 2 is 1.58 bits per heavy atom. The molecule has 3 rings (SSSR count). The zero-order valence-electron chi connectivity index (χ0n) is 20.1. The molecule has 1 atom stereocenters. The highest BCUT2D eigenvalue weighted by Gasteiger charge is 2.37. The van der Waals surface area contributed by atoms with Crippen molar-refractivity contribution in [1.82, 2.24) is 4.90 Å². The second-order valence-electron chi connectivity index (χ2n) is 8.42. The summed E-state index contributed by atoms with van der Waals surface area (Å²) in [5, 5.41) is 19.8. The molecule has 0 aliphatic carbocycles. The molecule has 1 aliphatic rings. The zero-order chi connectivity index (χ0) is 23.6. The van der Waals surface area contributed by atoms with E-state index < -0.39 is 0 Å². The number of nitrogens with zero attached hydrogens (tertiary/aromatic N) is 4. The van der Waals surface area contributed by atoms with Gasteiger partial charge in [-0.2, -0.15) is 0 Å². The lowest BCUT2D eigenvalue weighted by Gasteiger charge is -2.31. The first kappa shape index (κ1) is 25.3. The second kappa shape index (κ2) is 12.8. The molecule has 0 saturated heterocycles. The number of rotatable bonds is 12. The largest absolute Gasteiger partial charge is 0.395 e. The van der Waals surface area contributed by atoms with Gasteiger partial charge < -0.3 is 15.1 Å². The van der Waals surface area contributed by atoms with Gasteiger partial charge in [-0.1, -0.05) is 24.3 Å². The molecule has 178 valence electrons. The molecule has 0 saturated carbocycles. The summed E-state index contributed by atoms with van der Waals surface area (Å²) in [6.45, 7) is 4.45. The third-order valence-corrected chi connectivity index (χ3v) is 7.48. The van der Waals surface area contributed by atoms with E-state index in [2.05, 4.69) is 83.9 Å². The van der Waals surface area contributed by atoms with Crippen LogP contribution in [-0.4, -0.2) is 77.2 Å². The summed E-state index contributed by atoms with van der Waals surface area (Å²) in [5.41, 5.74) is 3.31. The van der Waals surface area contributed by atoms with Gasteiger partial charge in [-0.25, -0.2) is 14.0 Å². The highest BCUT2D eigenvalue weighted by molar-refractivity contribution is 8.13. The summed E-state index contributed by atoms with van der Waals surface area (Å²) in [5.74, 6) is 1.16. The molecule has 7 heteroatoms. The predicted molar refractivity (Wildman–Crippen MR) is 138 cm³/mol. The minimum absolute atomic E-state index is 0.0721. The summed E-state index contributed by atoms with van der Waals surface area (Å²) in [6.07, 6.45) is 11.5. The molecule has 1 aliphatic heterocycles. The van der Waals surface area contributed by atoms with Crippen molar-refractivity contribution in [2.75, 3.05) is 51.1 Å². The fourth-order valence-electron chi connectivity index (χ4n) is 3.86. The van der Waals surface area contributed by atoms with Gasteiger partial charge in [-0.3, -0.25) is 0 Å². The fraction of sp³-hybridized carbons (Fsp3) is 0.462. The Bertz CT molecular complexity index is 922. The van der Waals surface area contributed by atoms with Gasteiger partial charge in [-0.05, 0) is 41.4 Å². The normalized spacial score (nSPS) is 15.9. The summed E-state index contributed by atoms with van der Waals surface area (Å²) in [4.78, 5) is 4.31. The van der Waals surface area contributed by atoms with E-state index >= 15 is 0 Å². The van der Waals surface area contributed by atoms with Gasteiger partial charge >= 0.3 is 5.17 Å². The summed E-state index contributed by atoms with van der Waals surface area (Å²) >= 11 is 1.96. The predicted octanol–water partition coefficient (Wildman–Crippen LogP) is 2.74. The third kappa shape index (κ3) is 7.06. The zero-order valence-corrected chi connectivity index (χ0v) is 20.9. The Balaban J connectivity index is 1.42. The van der Waals surface area contributed by atoms with Crippen LogP contribution >= 0.6 is 11.8 Å². The van der Waals surface area contributed by atoms with Gasteiger partial charge in [0.15, 0.2) is 12.4 Å². The SMILES string of the molecule is CC1N(C)C(SCCCC[n+]2ccc(/C=C/c3ccc(N(CCO)CCO)cc3)cc2)=[N+]1C. The lowest BCUT2D eigenvalue weighted by Crippen LogP contribution is -2.55. The van der Waals surface area contributed by atoms with Crippen molar-refractivity contribution in [3.8, 4) is 0 Å². The molecule has 1 unspecified atom stereocenters. The van der Waals surface area contributed by atoms with Crippen LogP contribution in [0.5, 0.6) is 0 Å².